The van der Waals surface area contributed by atoms with Gasteiger partial charge in [0.15, 0.2) is 0 Å². The van der Waals surface area contributed by atoms with Crippen LogP contribution in [0.4, 0.5) is 5.69 Å². The average molecular weight is 316 g/mol. The summed E-state index contributed by atoms with van der Waals surface area (Å²) in [5, 5.41) is 3.04. The smallest absolute Gasteiger partial charge is 0.338 e. The molecule has 0 heterocycles. The van der Waals surface area contributed by atoms with E-state index in [4.69, 9.17) is 4.74 Å². The van der Waals surface area contributed by atoms with Crippen LogP contribution in [0.3, 0.4) is 0 Å². The van der Waals surface area contributed by atoms with Crippen molar-refractivity contribution in [3.8, 4) is 0 Å². The number of benzene rings is 1. The highest BCUT2D eigenvalue weighted by atomic mass is 16.5. The van der Waals surface area contributed by atoms with Gasteiger partial charge in [0.05, 0.1) is 18.7 Å². The van der Waals surface area contributed by atoms with Gasteiger partial charge in [-0.05, 0) is 30.7 Å². The molecule has 1 N–H and O–H groups in total. The van der Waals surface area contributed by atoms with Crippen molar-refractivity contribution in [3.05, 3.63) is 55.1 Å². The van der Waals surface area contributed by atoms with Gasteiger partial charge in [-0.25, -0.2) is 4.79 Å². The normalized spacial score (nSPS) is 9.78. The first-order chi connectivity index (χ1) is 11.1. The molecule has 1 aromatic rings. The van der Waals surface area contributed by atoms with E-state index in [1.807, 2.05) is 6.92 Å². The molecule has 0 unspecified atom stereocenters. The second kappa shape index (κ2) is 10.2. The summed E-state index contributed by atoms with van der Waals surface area (Å²) in [6, 6.07) is 6.86. The van der Waals surface area contributed by atoms with Crippen LogP contribution in [0, 0.1) is 0 Å². The van der Waals surface area contributed by atoms with Crippen LogP contribution in [0.15, 0.2) is 49.6 Å². The minimum absolute atomic E-state index is 0.0452. The quantitative estimate of drug-likeness (QED) is 0.533. The number of rotatable bonds is 10. The Morgan fingerprint density at radius 1 is 1.17 bits per heavy atom. The van der Waals surface area contributed by atoms with Gasteiger partial charge in [0.2, 0.25) is 5.91 Å². The van der Waals surface area contributed by atoms with Gasteiger partial charge in [-0.1, -0.05) is 19.1 Å². The summed E-state index contributed by atoms with van der Waals surface area (Å²) in [7, 11) is 0. The van der Waals surface area contributed by atoms with E-state index in [1.165, 1.54) is 0 Å². The van der Waals surface area contributed by atoms with Crippen molar-refractivity contribution < 1.29 is 14.3 Å². The topological polar surface area (TPSA) is 58.6 Å². The molecule has 23 heavy (non-hydrogen) atoms. The summed E-state index contributed by atoms with van der Waals surface area (Å²) >= 11 is 0. The number of anilines is 1. The molecule has 0 aliphatic heterocycles. The van der Waals surface area contributed by atoms with Crippen LogP contribution in [-0.4, -0.2) is 43.0 Å². The number of hydrogen-bond acceptors (Lipinski definition) is 4. The van der Waals surface area contributed by atoms with Crippen molar-refractivity contribution in [3.63, 3.8) is 0 Å². The van der Waals surface area contributed by atoms with Gasteiger partial charge in [-0.2, -0.15) is 0 Å². The summed E-state index contributed by atoms with van der Waals surface area (Å²) < 4.78 is 5.06. The van der Waals surface area contributed by atoms with E-state index in [2.05, 4.69) is 18.5 Å². The number of carbonyl (C=O) groups is 2. The lowest BCUT2D eigenvalue weighted by atomic mass is 10.2. The van der Waals surface area contributed by atoms with Crippen LogP contribution in [0.5, 0.6) is 0 Å². The van der Waals surface area contributed by atoms with E-state index >= 15 is 0 Å². The van der Waals surface area contributed by atoms with Gasteiger partial charge in [-0.15, -0.1) is 13.2 Å². The lowest BCUT2D eigenvalue weighted by Gasteiger charge is -2.19. The molecular weight excluding hydrogens is 292 g/mol. The third-order valence-corrected chi connectivity index (χ3v) is 3.05. The van der Waals surface area contributed by atoms with Crippen molar-refractivity contribution in [2.24, 2.45) is 0 Å². The average Bonchev–Trinajstić information content (AvgIpc) is 2.57. The SMILES string of the molecule is C=CCN(CC=C)C(=O)CNc1ccc(C(=O)OCCC)cc1. The Balaban J connectivity index is 2.54. The highest BCUT2D eigenvalue weighted by Gasteiger charge is 2.10. The standard InChI is InChI=1S/C18H24N2O3/c1-4-11-20(12-5-2)17(21)14-19-16-9-7-15(8-10-16)18(22)23-13-6-3/h4-5,7-10,19H,1-2,6,11-14H2,3H3. The predicted molar refractivity (Wildman–Crippen MR) is 92.5 cm³/mol. The molecule has 0 saturated carbocycles. The lowest BCUT2D eigenvalue weighted by Crippen LogP contribution is -2.35. The molecule has 1 aromatic carbocycles. The summed E-state index contributed by atoms with van der Waals surface area (Å²) in [6.07, 6.45) is 4.15. The highest BCUT2D eigenvalue weighted by Crippen LogP contribution is 2.10. The molecule has 0 atom stereocenters. The number of hydrogen-bond donors (Lipinski definition) is 1. The second-order valence-electron chi connectivity index (χ2n) is 4.94. The molecule has 124 valence electrons. The van der Waals surface area contributed by atoms with Gasteiger partial charge in [-0.3, -0.25) is 4.79 Å². The number of amides is 1. The fourth-order valence-corrected chi connectivity index (χ4v) is 1.88. The Morgan fingerprint density at radius 3 is 2.30 bits per heavy atom. The maximum Gasteiger partial charge on any atom is 0.338 e. The predicted octanol–water partition coefficient (Wildman–Crippen LogP) is 2.87. The Kier molecular flexibility index (Phi) is 8.21. The van der Waals surface area contributed by atoms with Crippen molar-refractivity contribution in [2.45, 2.75) is 13.3 Å². The molecular formula is C18H24N2O3. The maximum absolute atomic E-state index is 12.1. The number of nitrogens with zero attached hydrogens (tertiary/aromatic N) is 1. The van der Waals surface area contributed by atoms with E-state index in [0.29, 0.717) is 25.3 Å². The van der Waals surface area contributed by atoms with Gasteiger partial charge in [0, 0.05) is 18.8 Å². The molecule has 1 amide bonds. The van der Waals surface area contributed by atoms with E-state index in [-0.39, 0.29) is 18.4 Å². The molecule has 0 aliphatic carbocycles. The number of ether oxygens (including phenoxy) is 1. The fraction of sp³-hybridized carbons (Fsp3) is 0.333. The Bertz CT molecular complexity index is 528. The highest BCUT2D eigenvalue weighted by molar-refractivity contribution is 5.90. The lowest BCUT2D eigenvalue weighted by molar-refractivity contribution is -0.128. The van der Waals surface area contributed by atoms with Gasteiger partial charge >= 0.3 is 5.97 Å². The maximum atomic E-state index is 12.1. The molecule has 0 fully saturated rings. The monoisotopic (exact) mass is 316 g/mol. The van der Waals surface area contributed by atoms with Crippen LogP contribution in [0.25, 0.3) is 0 Å². The number of esters is 1. The zero-order valence-electron chi connectivity index (χ0n) is 13.6. The molecule has 0 radical (unpaired) electrons. The molecule has 5 heteroatoms. The molecule has 1 rings (SSSR count). The Labute approximate surface area is 137 Å². The van der Waals surface area contributed by atoms with Gasteiger partial charge < -0.3 is 15.0 Å². The molecule has 0 bridgehead atoms. The van der Waals surface area contributed by atoms with Crippen molar-refractivity contribution in [1.29, 1.82) is 0 Å². The van der Waals surface area contributed by atoms with E-state index in [1.54, 1.807) is 41.3 Å². The van der Waals surface area contributed by atoms with Crippen molar-refractivity contribution in [1.82, 2.24) is 4.90 Å². The van der Waals surface area contributed by atoms with Crippen molar-refractivity contribution in [2.75, 3.05) is 31.6 Å². The molecule has 0 spiro atoms. The summed E-state index contributed by atoms with van der Waals surface area (Å²) in [5.74, 6) is -0.381. The summed E-state index contributed by atoms with van der Waals surface area (Å²) in [6.45, 7) is 10.8. The molecule has 0 saturated heterocycles. The number of carbonyl (C=O) groups excluding carboxylic acids is 2. The largest absolute Gasteiger partial charge is 0.462 e. The van der Waals surface area contributed by atoms with Crippen LogP contribution in [-0.2, 0) is 9.53 Å². The number of nitrogens with one attached hydrogen (secondary N) is 1. The third-order valence-electron chi connectivity index (χ3n) is 3.05. The third kappa shape index (κ3) is 6.38. The van der Waals surface area contributed by atoms with Crippen LogP contribution in [0.1, 0.15) is 23.7 Å². The zero-order chi connectivity index (χ0) is 17.1. The molecule has 0 aromatic heterocycles. The summed E-state index contributed by atoms with van der Waals surface area (Å²) in [5.41, 5.74) is 1.26. The first-order valence-electron chi connectivity index (χ1n) is 7.63. The second-order valence-corrected chi connectivity index (χ2v) is 4.94. The molecule has 0 aliphatic rings. The van der Waals surface area contributed by atoms with Gasteiger partial charge in [0.25, 0.3) is 0 Å². The van der Waals surface area contributed by atoms with Crippen LogP contribution >= 0.6 is 0 Å². The van der Waals surface area contributed by atoms with Crippen LogP contribution in [0.2, 0.25) is 0 Å². The minimum Gasteiger partial charge on any atom is -0.462 e. The van der Waals surface area contributed by atoms with E-state index in [0.717, 1.165) is 12.1 Å². The van der Waals surface area contributed by atoms with Gasteiger partial charge in [0.1, 0.15) is 0 Å². The fourth-order valence-electron chi connectivity index (χ4n) is 1.88. The Morgan fingerprint density at radius 2 is 1.78 bits per heavy atom. The van der Waals surface area contributed by atoms with Crippen LogP contribution < -0.4 is 5.32 Å². The Hall–Kier alpha value is -2.56. The zero-order valence-corrected chi connectivity index (χ0v) is 13.6. The van der Waals surface area contributed by atoms with E-state index < -0.39 is 0 Å². The summed E-state index contributed by atoms with van der Waals surface area (Å²) in [4.78, 5) is 25.4. The minimum atomic E-state index is -0.336. The first kappa shape index (κ1) is 18.5. The van der Waals surface area contributed by atoms with Crippen molar-refractivity contribution >= 4 is 17.6 Å². The first-order valence-corrected chi connectivity index (χ1v) is 7.63. The van der Waals surface area contributed by atoms with E-state index in [9.17, 15) is 9.59 Å². The molecule has 5 nitrogen and oxygen atoms in total.